The molecular formula is C13H15BrN2O2S2. The van der Waals surface area contributed by atoms with E-state index in [4.69, 9.17) is 5.73 Å². The summed E-state index contributed by atoms with van der Waals surface area (Å²) in [5.41, 5.74) is 7.68. The number of aryl methyl sites for hydroxylation is 1. The Morgan fingerprint density at radius 1 is 1.25 bits per heavy atom. The van der Waals surface area contributed by atoms with Gasteiger partial charge in [0, 0.05) is 11.4 Å². The normalized spacial score (nSPS) is 11.8. The quantitative estimate of drug-likeness (QED) is 0.807. The van der Waals surface area contributed by atoms with Crippen molar-refractivity contribution in [2.24, 2.45) is 0 Å². The van der Waals surface area contributed by atoms with Crippen LogP contribution in [0.4, 0.5) is 5.69 Å². The molecule has 7 heteroatoms. The van der Waals surface area contributed by atoms with Crippen molar-refractivity contribution in [2.75, 3.05) is 5.73 Å². The van der Waals surface area contributed by atoms with E-state index in [0.717, 1.165) is 14.2 Å². The van der Waals surface area contributed by atoms with Crippen molar-refractivity contribution in [2.45, 2.75) is 25.3 Å². The average Bonchev–Trinajstić information content (AvgIpc) is 2.78. The van der Waals surface area contributed by atoms with Crippen LogP contribution in [0, 0.1) is 13.8 Å². The van der Waals surface area contributed by atoms with Crippen molar-refractivity contribution in [1.29, 1.82) is 0 Å². The third kappa shape index (κ3) is 3.22. The number of anilines is 1. The average molecular weight is 375 g/mol. The monoisotopic (exact) mass is 374 g/mol. The molecule has 0 fully saturated rings. The van der Waals surface area contributed by atoms with Crippen molar-refractivity contribution in [3.63, 3.8) is 0 Å². The van der Waals surface area contributed by atoms with Gasteiger partial charge in [-0.1, -0.05) is 6.07 Å². The van der Waals surface area contributed by atoms with Gasteiger partial charge in [-0.25, -0.2) is 13.1 Å². The van der Waals surface area contributed by atoms with E-state index in [-0.39, 0.29) is 17.1 Å². The molecule has 0 saturated carbocycles. The number of nitrogen functional groups attached to an aromatic ring is 1. The van der Waals surface area contributed by atoms with Gasteiger partial charge in [0.2, 0.25) is 10.0 Å². The van der Waals surface area contributed by atoms with E-state index >= 15 is 0 Å². The number of halogens is 1. The van der Waals surface area contributed by atoms with Gasteiger partial charge in [-0.15, -0.1) is 11.3 Å². The molecule has 0 spiro atoms. The molecule has 0 unspecified atom stereocenters. The summed E-state index contributed by atoms with van der Waals surface area (Å²) in [5.74, 6) is 0. The Balaban J connectivity index is 2.29. The van der Waals surface area contributed by atoms with E-state index in [0.29, 0.717) is 5.56 Å². The summed E-state index contributed by atoms with van der Waals surface area (Å²) in [6, 6.07) is 7.21. The maximum absolute atomic E-state index is 12.4. The molecule has 20 heavy (non-hydrogen) atoms. The molecule has 0 bridgehead atoms. The summed E-state index contributed by atoms with van der Waals surface area (Å²) in [6.45, 7) is 3.89. The lowest BCUT2D eigenvalue weighted by Crippen LogP contribution is -2.24. The second kappa shape index (κ2) is 5.85. The topological polar surface area (TPSA) is 72.2 Å². The zero-order chi connectivity index (χ0) is 14.9. The fourth-order valence-electron chi connectivity index (χ4n) is 1.85. The third-order valence-electron chi connectivity index (χ3n) is 3.04. The fraction of sp³-hybridized carbons (Fsp3) is 0.231. The molecular weight excluding hydrogens is 360 g/mol. The van der Waals surface area contributed by atoms with Crippen LogP contribution in [0.1, 0.15) is 16.0 Å². The molecule has 0 aliphatic carbocycles. The van der Waals surface area contributed by atoms with E-state index < -0.39 is 10.0 Å². The number of hydrogen-bond donors (Lipinski definition) is 2. The van der Waals surface area contributed by atoms with Crippen LogP contribution in [0.3, 0.4) is 0 Å². The molecule has 0 saturated heterocycles. The second-order valence-electron chi connectivity index (χ2n) is 4.46. The highest BCUT2D eigenvalue weighted by atomic mass is 79.9. The predicted molar refractivity (Wildman–Crippen MR) is 86.4 cm³/mol. The van der Waals surface area contributed by atoms with Crippen molar-refractivity contribution < 1.29 is 8.42 Å². The van der Waals surface area contributed by atoms with Gasteiger partial charge in [0.05, 0.1) is 9.47 Å². The molecule has 3 N–H and O–H groups in total. The van der Waals surface area contributed by atoms with E-state index in [1.54, 1.807) is 13.0 Å². The summed E-state index contributed by atoms with van der Waals surface area (Å²) in [6.07, 6.45) is 0. The molecule has 1 aromatic heterocycles. The maximum Gasteiger partial charge on any atom is 0.243 e. The van der Waals surface area contributed by atoms with Gasteiger partial charge in [-0.05, 0) is 59.1 Å². The molecule has 0 amide bonds. The zero-order valence-electron chi connectivity index (χ0n) is 11.1. The van der Waals surface area contributed by atoms with Crippen LogP contribution in [0.2, 0.25) is 0 Å². The largest absolute Gasteiger partial charge is 0.398 e. The number of rotatable bonds is 4. The van der Waals surface area contributed by atoms with Crippen molar-refractivity contribution in [1.82, 2.24) is 4.72 Å². The van der Waals surface area contributed by atoms with Gasteiger partial charge >= 0.3 is 0 Å². The van der Waals surface area contributed by atoms with E-state index in [1.165, 1.54) is 11.3 Å². The first-order valence-electron chi connectivity index (χ1n) is 5.91. The van der Waals surface area contributed by atoms with Gasteiger partial charge in [0.1, 0.15) is 4.90 Å². The Hall–Kier alpha value is -0.890. The summed E-state index contributed by atoms with van der Waals surface area (Å²) in [7, 11) is -3.62. The lowest BCUT2D eigenvalue weighted by atomic mass is 10.1. The van der Waals surface area contributed by atoms with E-state index in [1.807, 2.05) is 25.1 Å². The molecule has 108 valence electrons. The first-order chi connectivity index (χ1) is 9.31. The lowest BCUT2D eigenvalue weighted by molar-refractivity contribution is 0.581. The molecule has 1 heterocycles. The minimum absolute atomic E-state index is 0.174. The third-order valence-corrected chi connectivity index (χ3v) is 6.27. The standard InChI is InChI=1S/C13H15BrN2O2S2/c1-8-3-5-11(15)13(9(8)2)20(17,18)16-7-10-4-6-12(14)19-10/h3-6,16H,7,15H2,1-2H3. The lowest BCUT2D eigenvalue weighted by Gasteiger charge is -2.13. The summed E-state index contributed by atoms with van der Waals surface area (Å²) < 4.78 is 28.4. The van der Waals surface area contributed by atoms with Crippen LogP contribution in [-0.4, -0.2) is 8.42 Å². The molecule has 0 radical (unpaired) electrons. The molecule has 0 aliphatic heterocycles. The molecule has 2 aromatic rings. The van der Waals surface area contributed by atoms with E-state index in [2.05, 4.69) is 20.7 Å². The maximum atomic E-state index is 12.4. The van der Waals surface area contributed by atoms with Gasteiger partial charge in [-0.2, -0.15) is 0 Å². The number of thiophene rings is 1. The highest BCUT2D eigenvalue weighted by molar-refractivity contribution is 9.11. The van der Waals surface area contributed by atoms with Crippen molar-refractivity contribution >= 4 is 43.0 Å². The minimum Gasteiger partial charge on any atom is -0.398 e. The Bertz CT molecular complexity index is 739. The van der Waals surface area contributed by atoms with Gasteiger partial charge in [-0.3, -0.25) is 0 Å². The highest BCUT2D eigenvalue weighted by Crippen LogP contribution is 2.26. The first-order valence-corrected chi connectivity index (χ1v) is 9.00. The summed E-state index contributed by atoms with van der Waals surface area (Å²) in [5, 5.41) is 0. The number of hydrogen-bond acceptors (Lipinski definition) is 4. The Kier molecular flexibility index (Phi) is 4.53. The van der Waals surface area contributed by atoms with Crippen LogP contribution in [-0.2, 0) is 16.6 Å². The van der Waals surface area contributed by atoms with Gasteiger partial charge < -0.3 is 5.73 Å². The number of nitrogens with two attached hydrogens (primary N) is 1. The van der Waals surface area contributed by atoms with Crippen LogP contribution in [0.5, 0.6) is 0 Å². The number of sulfonamides is 1. The second-order valence-corrected chi connectivity index (χ2v) is 8.71. The smallest absolute Gasteiger partial charge is 0.243 e. The van der Waals surface area contributed by atoms with E-state index in [9.17, 15) is 8.42 Å². The number of nitrogens with one attached hydrogen (secondary N) is 1. The number of benzene rings is 1. The SMILES string of the molecule is Cc1ccc(N)c(S(=O)(=O)NCc2ccc(Br)s2)c1C. The molecule has 2 rings (SSSR count). The first kappa shape index (κ1) is 15.5. The van der Waals surface area contributed by atoms with Crippen LogP contribution in [0.15, 0.2) is 32.9 Å². The molecule has 4 nitrogen and oxygen atoms in total. The molecule has 0 atom stereocenters. The zero-order valence-corrected chi connectivity index (χ0v) is 14.3. The minimum atomic E-state index is -3.62. The van der Waals surface area contributed by atoms with Crippen LogP contribution >= 0.6 is 27.3 Å². The van der Waals surface area contributed by atoms with Gasteiger partial charge in [0.15, 0.2) is 0 Å². The fourth-order valence-corrected chi connectivity index (χ4v) is 4.80. The summed E-state index contributed by atoms with van der Waals surface area (Å²) >= 11 is 4.85. The van der Waals surface area contributed by atoms with Crippen LogP contribution in [0.25, 0.3) is 0 Å². The van der Waals surface area contributed by atoms with Crippen molar-refractivity contribution in [3.8, 4) is 0 Å². The Morgan fingerprint density at radius 2 is 1.95 bits per heavy atom. The Morgan fingerprint density at radius 3 is 2.55 bits per heavy atom. The Labute approximate surface area is 131 Å². The van der Waals surface area contributed by atoms with Crippen LogP contribution < -0.4 is 10.5 Å². The van der Waals surface area contributed by atoms with Gasteiger partial charge in [0.25, 0.3) is 0 Å². The van der Waals surface area contributed by atoms with Crippen molar-refractivity contribution in [3.05, 3.63) is 44.1 Å². The summed E-state index contributed by atoms with van der Waals surface area (Å²) in [4.78, 5) is 1.11. The molecule has 1 aromatic carbocycles. The molecule has 0 aliphatic rings. The highest BCUT2D eigenvalue weighted by Gasteiger charge is 2.21. The predicted octanol–water partition coefficient (Wildman–Crippen LogP) is 3.19.